The van der Waals surface area contributed by atoms with Crippen LogP contribution in [-0.2, 0) is 9.53 Å². The van der Waals surface area contributed by atoms with Crippen LogP contribution in [0.15, 0.2) is 59.1 Å². The molecule has 1 saturated carbocycles. The van der Waals surface area contributed by atoms with Crippen molar-refractivity contribution >= 4 is 11.7 Å². The fourth-order valence-electron chi connectivity index (χ4n) is 3.50. The Labute approximate surface area is 150 Å². The lowest BCUT2D eigenvalue weighted by Gasteiger charge is -2.24. The lowest BCUT2D eigenvalue weighted by atomic mass is 9.89. The first kappa shape index (κ1) is 17.7. The zero-order chi connectivity index (χ0) is 17.6. The van der Waals surface area contributed by atoms with Crippen molar-refractivity contribution in [2.24, 2.45) is 10.9 Å². The first-order chi connectivity index (χ1) is 12.1. The number of allylic oxidation sites excluding steroid dienone is 2. The minimum atomic E-state index is -0.371. The van der Waals surface area contributed by atoms with Crippen LogP contribution in [-0.4, -0.2) is 17.8 Å². The first-order valence-corrected chi connectivity index (χ1v) is 9.33. The number of hydrogen-bond acceptors (Lipinski definition) is 3. The van der Waals surface area contributed by atoms with E-state index in [9.17, 15) is 4.79 Å². The maximum absolute atomic E-state index is 12.5. The van der Waals surface area contributed by atoms with Crippen molar-refractivity contribution in [3.05, 3.63) is 59.7 Å². The van der Waals surface area contributed by atoms with E-state index in [0.717, 1.165) is 42.5 Å². The summed E-state index contributed by atoms with van der Waals surface area (Å²) >= 11 is 0. The molecule has 0 heterocycles. The molecule has 3 heteroatoms. The molecule has 2 unspecified atom stereocenters. The average Bonchev–Trinajstić information content (AvgIpc) is 2.65. The van der Waals surface area contributed by atoms with Gasteiger partial charge >= 0.3 is 5.97 Å². The van der Waals surface area contributed by atoms with Gasteiger partial charge in [0.05, 0.1) is 17.7 Å². The second-order valence-corrected chi connectivity index (χ2v) is 7.08. The number of benzene rings is 1. The van der Waals surface area contributed by atoms with E-state index in [4.69, 9.17) is 9.73 Å². The van der Waals surface area contributed by atoms with Crippen LogP contribution in [0.3, 0.4) is 0 Å². The van der Waals surface area contributed by atoms with Gasteiger partial charge in [-0.2, -0.15) is 0 Å². The molecular formula is C22H27NO2. The minimum absolute atomic E-state index is 0.0302. The van der Waals surface area contributed by atoms with Crippen molar-refractivity contribution < 1.29 is 9.53 Å². The minimum Gasteiger partial charge on any atom is -0.451 e. The molecule has 132 valence electrons. The molecule has 3 rings (SSSR count). The summed E-state index contributed by atoms with van der Waals surface area (Å²) in [4.78, 5) is 17.4. The molecule has 0 aromatic heterocycles. The summed E-state index contributed by atoms with van der Waals surface area (Å²) in [5, 5.41) is 0. The Kier molecular flexibility index (Phi) is 5.85. The Morgan fingerprint density at radius 2 is 1.88 bits per heavy atom. The molecule has 2 aliphatic carbocycles. The van der Waals surface area contributed by atoms with Crippen LogP contribution in [0, 0.1) is 5.92 Å². The molecule has 0 spiro atoms. The smallest absolute Gasteiger partial charge is 0.309 e. The van der Waals surface area contributed by atoms with Gasteiger partial charge in [-0.3, -0.25) is 9.79 Å². The van der Waals surface area contributed by atoms with E-state index < -0.39 is 0 Å². The highest BCUT2D eigenvalue weighted by molar-refractivity contribution is 6.03. The van der Waals surface area contributed by atoms with Crippen molar-refractivity contribution in [2.75, 3.05) is 0 Å². The Bertz CT molecular complexity index is 681. The third-order valence-electron chi connectivity index (χ3n) is 5.01. The summed E-state index contributed by atoms with van der Waals surface area (Å²) in [6, 6.07) is 10.2. The zero-order valence-corrected chi connectivity index (χ0v) is 15.2. The number of esters is 1. The summed E-state index contributed by atoms with van der Waals surface area (Å²) in [5.41, 5.74) is 3.12. The second-order valence-electron chi connectivity index (χ2n) is 7.08. The maximum atomic E-state index is 12.5. The number of rotatable bonds is 4. The highest BCUT2D eigenvalue weighted by Crippen LogP contribution is 2.26. The molecule has 2 atom stereocenters. The molecule has 0 bridgehead atoms. The van der Waals surface area contributed by atoms with Crippen molar-refractivity contribution in [1.29, 1.82) is 0 Å². The van der Waals surface area contributed by atoms with E-state index >= 15 is 0 Å². The van der Waals surface area contributed by atoms with Crippen molar-refractivity contribution in [3.8, 4) is 0 Å². The van der Waals surface area contributed by atoms with Gasteiger partial charge in [0, 0.05) is 0 Å². The first-order valence-electron chi connectivity index (χ1n) is 9.33. The summed E-state index contributed by atoms with van der Waals surface area (Å²) in [6.07, 6.45) is 11.0. The summed E-state index contributed by atoms with van der Waals surface area (Å²) < 4.78 is 5.83. The lowest BCUT2D eigenvalue weighted by molar-refractivity contribution is -0.150. The van der Waals surface area contributed by atoms with Gasteiger partial charge in [0.25, 0.3) is 0 Å². The van der Waals surface area contributed by atoms with Crippen LogP contribution in [0.2, 0.25) is 0 Å². The van der Waals surface area contributed by atoms with Crippen LogP contribution in [0.4, 0.5) is 0 Å². The normalized spacial score (nSPS) is 24.0. The Morgan fingerprint density at radius 1 is 1.16 bits per heavy atom. The van der Waals surface area contributed by atoms with Gasteiger partial charge in [0.2, 0.25) is 0 Å². The molecule has 0 saturated heterocycles. The fourth-order valence-corrected chi connectivity index (χ4v) is 3.50. The third kappa shape index (κ3) is 4.68. The van der Waals surface area contributed by atoms with Crippen LogP contribution < -0.4 is 0 Å². The second kappa shape index (κ2) is 8.28. The van der Waals surface area contributed by atoms with E-state index in [-0.39, 0.29) is 24.0 Å². The highest BCUT2D eigenvalue weighted by Gasteiger charge is 2.27. The standard InChI is InChI=1S/C22H27NO2/c1-16-13-14-21(25-22(24)19-11-7-4-8-12-19)20(15-16)23-17(2)18-9-5-3-6-10-18/h3,5-6,9-10,13-15,17,19,21H,4,7-8,11-12H2,1-2H3/b23-20+. The van der Waals surface area contributed by atoms with Crippen molar-refractivity contribution in [1.82, 2.24) is 0 Å². The van der Waals surface area contributed by atoms with Gasteiger partial charge in [0.1, 0.15) is 0 Å². The number of aliphatic imine (C=N–C) groups is 1. The molecule has 0 radical (unpaired) electrons. The van der Waals surface area contributed by atoms with Gasteiger partial charge in [-0.25, -0.2) is 0 Å². The molecule has 3 nitrogen and oxygen atoms in total. The Balaban J connectivity index is 1.74. The maximum Gasteiger partial charge on any atom is 0.309 e. The van der Waals surface area contributed by atoms with Crippen LogP contribution in [0.25, 0.3) is 0 Å². The topological polar surface area (TPSA) is 38.7 Å². The summed E-state index contributed by atoms with van der Waals surface area (Å²) in [7, 11) is 0. The molecule has 0 amide bonds. The molecule has 1 aromatic rings. The molecule has 0 N–H and O–H groups in total. The summed E-state index contributed by atoms with van der Waals surface area (Å²) in [6.45, 7) is 4.11. The molecule has 2 aliphatic rings. The van der Waals surface area contributed by atoms with Gasteiger partial charge in [-0.15, -0.1) is 0 Å². The molecule has 1 fully saturated rings. The van der Waals surface area contributed by atoms with Crippen LogP contribution in [0.1, 0.15) is 57.6 Å². The molecular weight excluding hydrogens is 310 g/mol. The number of nitrogens with zero attached hydrogens (tertiary/aromatic N) is 1. The number of carbonyl (C=O) groups excluding carboxylic acids is 1. The number of carbonyl (C=O) groups is 1. The van der Waals surface area contributed by atoms with Gasteiger partial charge < -0.3 is 4.74 Å². The molecule has 0 aliphatic heterocycles. The monoisotopic (exact) mass is 337 g/mol. The van der Waals surface area contributed by atoms with Gasteiger partial charge in [-0.05, 0) is 50.0 Å². The Morgan fingerprint density at radius 3 is 2.60 bits per heavy atom. The highest BCUT2D eigenvalue weighted by atomic mass is 16.5. The predicted octanol–water partition coefficient (Wildman–Crippen LogP) is 5.20. The number of hydrogen-bond donors (Lipinski definition) is 0. The average molecular weight is 337 g/mol. The van der Waals surface area contributed by atoms with E-state index in [0.29, 0.717) is 0 Å². The van der Waals surface area contributed by atoms with E-state index in [1.54, 1.807) is 0 Å². The number of ether oxygens (including phenoxy) is 1. The van der Waals surface area contributed by atoms with Gasteiger partial charge in [0.15, 0.2) is 6.10 Å². The SMILES string of the molecule is CC1=C/C(=N\C(C)c2ccccc2)C(OC(=O)C2CCCCC2)C=C1. The zero-order valence-electron chi connectivity index (χ0n) is 15.2. The summed E-state index contributed by atoms with van der Waals surface area (Å²) in [5.74, 6) is -0.00989. The van der Waals surface area contributed by atoms with Crippen molar-refractivity contribution in [2.45, 2.75) is 58.1 Å². The fraction of sp³-hybridized carbons (Fsp3) is 0.455. The Hall–Kier alpha value is -2.16. The molecule has 25 heavy (non-hydrogen) atoms. The van der Waals surface area contributed by atoms with Crippen LogP contribution in [0.5, 0.6) is 0 Å². The predicted molar refractivity (Wildman–Crippen MR) is 102 cm³/mol. The molecule has 1 aromatic carbocycles. The van der Waals surface area contributed by atoms with Gasteiger partial charge in [-0.1, -0.05) is 55.7 Å². The van der Waals surface area contributed by atoms with E-state index in [1.165, 1.54) is 6.42 Å². The van der Waals surface area contributed by atoms with E-state index in [2.05, 4.69) is 19.1 Å². The lowest BCUT2D eigenvalue weighted by Crippen LogP contribution is -2.30. The quantitative estimate of drug-likeness (QED) is 0.709. The van der Waals surface area contributed by atoms with E-state index in [1.807, 2.05) is 43.4 Å². The van der Waals surface area contributed by atoms with Crippen LogP contribution >= 0.6 is 0 Å². The largest absolute Gasteiger partial charge is 0.451 e. The third-order valence-corrected chi connectivity index (χ3v) is 5.01. The van der Waals surface area contributed by atoms with Crippen molar-refractivity contribution in [3.63, 3.8) is 0 Å².